The van der Waals surface area contributed by atoms with Crippen LogP contribution in [-0.2, 0) is 14.2 Å². The van der Waals surface area contributed by atoms with E-state index in [4.69, 9.17) is 36.9 Å². The van der Waals surface area contributed by atoms with Crippen LogP contribution in [0.5, 0.6) is 0 Å². The van der Waals surface area contributed by atoms with Gasteiger partial charge in [-0.3, -0.25) is 23.3 Å². The molecule has 432 valence electrons. The maximum atomic E-state index is 14.9. The lowest BCUT2D eigenvalue weighted by Gasteiger charge is -2.22. The molecule has 0 aliphatic carbocycles. The molecule has 23 nitrogen and oxygen atoms in total. The number of halogens is 6. The van der Waals surface area contributed by atoms with Crippen molar-refractivity contribution in [3.63, 3.8) is 0 Å². The lowest BCUT2D eigenvalue weighted by molar-refractivity contribution is -0.140. The van der Waals surface area contributed by atoms with Gasteiger partial charge in [0.1, 0.15) is 29.7 Å². The second-order valence-electron chi connectivity index (χ2n) is 18.8. The molecule has 3 aliphatic heterocycles. The number of aliphatic hydroxyl groups is 1. The molecule has 29 heteroatoms. The summed E-state index contributed by atoms with van der Waals surface area (Å²) >= 11 is 0. The molecule has 2 amide bonds. The molecule has 5 aromatic rings. The fourth-order valence-electron chi connectivity index (χ4n) is 8.88. The van der Waals surface area contributed by atoms with Crippen LogP contribution in [0.1, 0.15) is 72.5 Å². The number of carbonyl (C=O) groups is 2. The molecule has 81 heavy (non-hydrogen) atoms. The average Bonchev–Trinajstić information content (AvgIpc) is 3.17. The van der Waals surface area contributed by atoms with Crippen molar-refractivity contribution in [1.29, 1.82) is 0 Å². The number of aromatic nitrogens is 6. The number of azide groups is 1. The highest BCUT2D eigenvalue weighted by atomic mass is 19.3. The second-order valence-corrected chi connectivity index (χ2v) is 18.8. The zero-order chi connectivity index (χ0) is 59.6. The molecule has 3 unspecified atom stereocenters. The molecule has 0 saturated carbocycles. The van der Waals surface area contributed by atoms with Gasteiger partial charge in [0.2, 0.25) is 18.7 Å². The first-order valence-corrected chi connectivity index (χ1v) is 24.8. The van der Waals surface area contributed by atoms with Crippen molar-refractivity contribution in [2.45, 2.75) is 112 Å². The van der Waals surface area contributed by atoms with Crippen LogP contribution in [0.2, 0.25) is 0 Å². The summed E-state index contributed by atoms with van der Waals surface area (Å²) in [7, 11) is 0. The van der Waals surface area contributed by atoms with E-state index in [0.717, 1.165) is 23.2 Å². The van der Waals surface area contributed by atoms with E-state index in [1.807, 2.05) is 0 Å². The van der Waals surface area contributed by atoms with Crippen molar-refractivity contribution in [1.82, 2.24) is 28.7 Å². The highest BCUT2D eigenvalue weighted by molar-refractivity contribution is 6.04. The Morgan fingerprint density at radius 1 is 0.654 bits per heavy atom. The fraction of sp³-hybridized carbons (Fsp3) is 0.385. The number of nitrogens with two attached hydrogens (primary N) is 3. The Morgan fingerprint density at radius 3 is 1.46 bits per heavy atom. The molecule has 2 aromatic carbocycles. The number of amides is 2. The third-order valence-electron chi connectivity index (χ3n) is 13.3. The molecule has 8 rings (SSSR count). The summed E-state index contributed by atoms with van der Waals surface area (Å²) in [5.41, 5.74) is 23.4. The smallest absolute Gasteiger partial charge is 0.351 e. The molecule has 6 heterocycles. The van der Waals surface area contributed by atoms with E-state index in [9.17, 15) is 55.4 Å². The first kappa shape index (κ1) is 61.9. The van der Waals surface area contributed by atoms with Crippen LogP contribution in [0, 0.1) is 11.8 Å². The van der Waals surface area contributed by atoms with Crippen LogP contribution in [0.15, 0.2) is 155 Å². The molecule has 3 aliphatic rings. The van der Waals surface area contributed by atoms with Gasteiger partial charge in [-0.2, -0.15) is 23.7 Å². The molecular formula is C52H58F6N14O9. The molecular weight excluding hydrogens is 1080 g/mol. The fourth-order valence-corrected chi connectivity index (χ4v) is 8.88. The Kier molecular flexibility index (Phi) is 20.1. The van der Waals surface area contributed by atoms with Crippen LogP contribution in [0.25, 0.3) is 10.4 Å². The van der Waals surface area contributed by atoms with Crippen molar-refractivity contribution in [2.24, 2.45) is 28.4 Å². The Hall–Kier alpha value is -8.31. The molecule has 12 atom stereocenters. The minimum Gasteiger partial charge on any atom is -0.384 e. The topological polar surface area (TPSA) is 338 Å². The minimum absolute atomic E-state index is 0.0469. The Labute approximate surface area is 457 Å². The largest absolute Gasteiger partial charge is 0.384 e. The summed E-state index contributed by atoms with van der Waals surface area (Å²) in [5, 5.41) is 18.2. The normalized spacial score (nSPS) is 25.0. The zero-order valence-corrected chi connectivity index (χ0v) is 43.4. The Morgan fingerprint density at radius 2 is 1.04 bits per heavy atom. The first-order valence-electron chi connectivity index (χ1n) is 24.8. The first-order chi connectivity index (χ1) is 38.3. The lowest BCUT2D eigenvalue weighted by Crippen LogP contribution is -2.46. The predicted octanol–water partition coefficient (Wildman–Crippen LogP) is 6.11. The summed E-state index contributed by atoms with van der Waals surface area (Å²) in [6, 6.07) is 17.8. The summed E-state index contributed by atoms with van der Waals surface area (Å²) < 4.78 is 106. The number of nitrogen functional groups attached to an aromatic ring is 1. The van der Waals surface area contributed by atoms with Gasteiger partial charge in [0.15, 0.2) is 0 Å². The number of ether oxygens (including phenoxy) is 3. The number of rotatable bonds is 17. The van der Waals surface area contributed by atoms with Crippen molar-refractivity contribution < 1.29 is 55.2 Å². The van der Waals surface area contributed by atoms with Gasteiger partial charge in [0.05, 0.1) is 30.1 Å². The molecule has 9 N–H and O–H groups in total. The van der Waals surface area contributed by atoms with E-state index in [1.165, 1.54) is 50.3 Å². The van der Waals surface area contributed by atoms with E-state index >= 15 is 0 Å². The van der Waals surface area contributed by atoms with Crippen molar-refractivity contribution >= 4 is 29.3 Å². The van der Waals surface area contributed by atoms with E-state index in [-0.39, 0.29) is 30.3 Å². The second kappa shape index (κ2) is 26.3. The number of nitrogens with one attached hydrogen (secondary N) is 2. The number of aliphatic hydroxyl groups excluding tert-OH is 1. The van der Waals surface area contributed by atoms with Gasteiger partial charge in [0, 0.05) is 46.7 Å². The molecule has 3 saturated heterocycles. The number of carbonyl (C=O) groups excluding carboxylic acids is 2. The summed E-state index contributed by atoms with van der Waals surface area (Å²) in [4.78, 5) is 74.3. The zero-order valence-electron chi connectivity index (χ0n) is 43.4. The minimum atomic E-state index is -3.69. The van der Waals surface area contributed by atoms with Gasteiger partial charge >= 0.3 is 23.0 Å². The van der Waals surface area contributed by atoms with Crippen molar-refractivity contribution in [2.75, 3.05) is 16.4 Å². The molecule has 0 bridgehead atoms. The average molecular weight is 1140 g/mol. The number of hydrogen-bond acceptors (Lipinski definition) is 16. The highest BCUT2D eigenvalue weighted by Gasteiger charge is 2.62. The number of anilines is 3. The van der Waals surface area contributed by atoms with Crippen LogP contribution >= 0.6 is 0 Å². The number of alkyl halides is 6. The van der Waals surface area contributed by atoms with E-state index in [2.05, 4.69) is 55.3 Å². The maximum absolute atomic E-state index is 14.9. The monoisotopic (exact) mass is 1140 g/mol. The van der Waals surface area contributed by atoms with E-state index in [1.54, 1.807) is 60.7 Å². The van der Waals surface area contributed by atoms with Gasteiger partial charge in [-0.25, -0.2) is 31.9 Å². The SMILES string of the molecule is C=CCC(N)[C@H]1O[C@@H](n2ccc(N)nc2=O)C(F)(F)[C@@H]1O.C=CCC(N)[C@H]1O[C@@H](n2ccc(NC(=O)c3ccccc3)nc2=O)C(F)(F)[C@@H]1C.C=CCC(N=[N+]=[N-])[C@H]1O[C@@H](n2ccc(NC(=O)c3ccccc3)nc2=O)C(F)(F)[C@@H]1C. The summed E-state index contributed by atoms with van der Waals surface area (Å²) in [6.07, 6.45) is -3.02. The highest BCUT2D eigenvalue weighted by Crippen LogP contribution is 2.49. The van der Waals surface area contributed by atoms with Gasteiger partial charge in [0.25, 0.3) is 23.7 Å². The Balaban J connectivity index is 0.000000199. The lowest BCUT2D eigenvalue weighted by atomic mass is 9.93. The summed E-state index contributed by atoms with van der Waals surface area (Å²) in [5.74, 6) is -14.2. The third kappa shape index (κ3) is 13.8. The standard InChI is InChI=1S/C20H20F2N6O3.C20H22F2N4O3.C12H16F2N4O3/c1-3-7-14(26-27-23)16-12(2)20(21,22)18(31-16)28-11-10-15(25-19(28)30)24-17(29)13-8-5-4-6-9-13;1-3-7-14(23)16-12(2)20(21,22)18(29-16)26-11-10-15(25-19(26)28)24-17(27)13-8-5-4-6-9-13;1-2-3-6(15)8-9(19)12(13,14)10(21-8)18-5-4-7(16)17-11(18)20/h3-6,8-12,14,16,18H,1,7H2,2H3,(H,24,25,29,30);3-6,8-12,14,16,18H,1,7,23H2,2H3,(H,24,25,27,28);2,4-6,8-10,19H,1,3,15H2,(H2,16,17,20)/t2*12-,14?,16+,18-;6?,8-,9-,10-/m111/s1. The molecule has 3 fully saturated rings. The van der Waals surface area contributed by atoms with Gasteiger partial charge in [-0.1, -0.05) is 73.6 Å². The predicted molar refractivity (Wildman–Crippen MR) is 283 cm³/mol. The molecule has 0 radical (unpaired) electrons. The van der Waals surface area contributed by atoms with Crippen LogP contribution in [-0.4, -0.2) is 106 Å². The molecule has 3 aromatic heterocycles. The van der Waals surface area contributed by atoms with Gasteiger partial charge < -0.3 is 47.2 Å². The third-order valence-corrected chi connectivity index (χ3v) is 13.3. The van der Waals surface area contributed by atoms with E-state index < -0.39 is 120 Å². The van der Waals surface area contributed by atoms with Crippen molar-refractivity contribution in [3.05, 3.63) is 188 Å². The summed E-state index contributed by atoms with van der Waals surface area (Å²) in [6.45, 7) is 13.1. The van der Waals surface area contributed by atoms with Gasteiger partial charge in [-0.15, -0.1) is 19.7 Å². The van der Waals surface area contributed by atoms with Crippen LogP contribution in [0.3, 0.4) is 0 Å². The number of hydrogen-bond donors (Lipinski definition) is 6. The van der Waals surface area contributed by atoms with E-state index in [0.29, 0.717) is 26.7 Å². The Bertz CT molecular complexity index is 3280. The number of benzene rings is 2. The maximum Gasteiger partial charge on any atom is 0.351 e. The number of nitrogens with zero attached hydrogens (tertiary/aromatic N) is 9. The molecule has 0 spiro atoms. The quantitative estimate of drug-likeness (QED) is 0.0201. The van der Waals surface area contributed by atoms with Crippen LogP contribution in [0.4, 0.5) is 43.8 Å². The van der Waals surface area contributed by atoms with Crippen LogP contribution < -0.4 is 44.9 Å². The van der Waals surface area contributed by atoms with Gasteiger partial charge in [-0.05, 0) is 67.3 Å². The van der Waals surface area contributed by atoms with Crippen molar-refractivity contribution in [3.8, 4) is 0 Å².